The molecule has 8 nitrogen and oxygen atoms in total. The molecule has 0 aliphatic heterocycles. The second kappa shape index (κ2) is 14.1. The van der Waals surface area contributed by atoms with Crippen LogP contribution in [0.25, 0.3) is 11.0 Å². The van der Waals surface area contributed by atoms with E-state index in [1.807, 2.05) is 74.0 Å². The molecule has 224 valence electrons. The maximum Gasteiger partial charge on any atom is 0.314 e. The second-order valence-electron chi connectivity index (χ2n) is 11.4. The Labute approximate surface area is 248 Å². The number of aromatic nitrogens is 3. The van der Waals surface area contributed by atoms with E-state index in [9.17, 15) is 15.0 Å². The van der Waals surface area contributed by atoms with Gasteiger partial charge < -0.3 is 19.8 Å². The van der Waals surface area contributed by atoms with E-state index < -0.39 is 17.5 Å². The number of likely N-dealkylation sites (N-methyl/N-ethyl adjacent to an activating group) is 1. The maximum atomic E-state index is 12.9. The van der Waals surface area contributed by atoms with E-state index in [4.69, 9.17) is 4.74 Å². The summed E-state index contributed by atoms with van der Waals surface area (Å²) in [4.78, 5) is 15.2. The average Bonchev–Trinajstić information content (AvgIpc) is 3.39. The predicted octanol–water partition coefficient (Wildman–Crippen LogP) is 5.62. The van der Waals surface area contributed by atoms with Crippen molar-refractivity contribution >= 4 is 17.0 Å². The maximum absolute atomic E-state index is 12.9. The minimum Gasteiger partial charge on any atom is -0.481 e. The summed E-state index contributed by atoms with van der Waals surface area (Å²) in [7, 11) is 2.09. The number of carboxylic acids is 1. The fourth-order valence-corrected chi connectivity index (χ4v) is 5.79. The van der Waals surface area contributed by atoms with Crippen LogP contribution in [-0.2, 0) is 34.5 Å². The molecule has 0 aliphatic carbocycles. The average molecular weight is 573 g/mol. The molecule has 4 rings (SSSR count). The number of carboxylic acid groups (broad SMARTS) is 1. The van der Waals surface area contributed by atoms with Gasteiger partial charge in [0.05, 0.1) is 30.2 Å². The number of aryl methyl sites for hydroxylation is 3. The second-order valence-corrected chi connectivity index (χ2v) is 11.4. The molecular weight excluding hydrogens is 528 g/mol. The first-order valence-corrected chi connectivity index (χ1v) is 14.8. The summed E-state index contributed by atoms with van der Waals surface area (Å²) in [6, 6.07) is 19.9. The zero-order valence-corrected chi connectivity index (χ0v) is 25.5. The molecule has 0 spiro atoms. The van der Waals surface area contributed by atoms with Crippen LogP contribution in [-0.4, -0.2) is 62.8 Å². The first kappa shape index (κ1) is 31.3. The third-order valence-corrected chi connectivity index (χ3v) is 8.41. The lowest BCUT2D eigenvalue weighted by molar-refractivity contribution is -0.144. The number of carbonyl (C=O) groups is 1. The summed E-state index contributed by atoms with van der Waals surface area (Å²) in [6.45, 7) is 11.3. The first-order chi connectivity index (χ1) is 20.2. The highest BCUT2D eigenvalue weighted by Crippen LogP contribution is 2.37. The molecule has 0 amide bonds. The molecule has 3 aromatic carbocycles. The highest BCUT2D eigenvalue weighted by Gasteiger charge is 2.40. The van der Waals surface area contributed by atoms with E-state index in [2.05, 4.69) is 34.4 Å². The number of hydrogen-bond acceptors (Lipinski definition) is 6. The molecule has 0 aliphatic rings. The Balaban J connectivity index is 1.43. The van der Waals surface area contributed by atoms with Gasteiger partial charge >= 0.3 is 5.97 Å². The molecule has 2 unspecified atom stereocenters. The van der Waals surface area contributed by atoms with Crippen LogP contribution in [0.15, 0.2) is 60.7 Å². The smallest absolute Gasteiger partial charge is 0.314 e. The Morgan fingerprint density at radius 1 is 1.07 bits per heavy atom. The van der Waals surface area contributed by atoms with Crippen LogP contribution in [0.1, 0.15) is 66.2 Å². The van der Waals surface area contributed by atoms with E-state index in [1.54, 1.807) is 6.92 Å². The third-order valence-electron chi connectivity index (χ3n) is 8.41. The molecular formula is C34H44N4O4. The van der Waals surface area contributed by atoms with Crippen molar-refractivity contribution in [2.75, 3.05) is 26.7 Å². The van der Waals surface area contributed by atoms with Crippen molar-refractivity contribution in [1.29, 1.82) is 0 Å². The number of fused-ring (bicyclic) bond motifs is 1. The summed E-state index contributed by atoms with van der Waals surface area (Å²) >= 11 is 0. The highest BCUT2D eigenvalue weighted by molar-refractivity contribution is 5.87. The SMILES string of the molecule is CCC(Cc1ccc(C)c(C(C)O)c1)(C(=O)O)c1ccc2c(nnn2CCCN(C)CCOCc2ccccc2)c1C. The Bertz CT molecular complexity index is 1480. The van der Waals surface area contributed by atoms with Crippen LogP contribution in [0, 0.1) is 13.8 Å². The quantitative estimate of drug-likeness (QED) is 0.179. The Hall–Kier alpha value is -3.59. The van der Waals surface area contributed by atoms with Crippen molar-refractivity contribution in [1.82, 2.24) is 19.9 Å². The fourth-order valence-electron chi connectivity index (χ4n) is 5.79. The molecule has 0 radical (unpaired) electrons. The van der Waals surface area contributed by atoms with E-state index in [-0.39, 0.29) is 0 Å². The van der Waals surface area contributed by atoms with Gasteiger partial charge in [0.2, 0.25) is 0 Å². The van der Waals surface area contributed by atoms with Gasteiger partial charge in [0.15, 0.2) is 0 Å². The molecule has 8 heteroatoms. The lowest BCUT2D eigenvalue weighted by Gasteiger charge is -2.31. The highest BCUT2D eigenvalue weighted by atomic mass is 16.5. The number of ether oxygens (including phenoxy) is 1. The summed E-state index contributed by atoms with van der Waals surface area (Å²) in [5.41, 5.74) is 6.00. The number of nitrogens with zero attached hydrogens (tertiary/aromatic N) is 4. The van der Waals surface area contributed by atoms with Gasteiger partial charge in [-0.25, -0.2) is 4.68 Å². The molecule has 2 N–H and O–H groups in total. The van der Waals surface area contributed by atoms with Crippen LogP contribution < -0.4 is 0 Å². The van der Waals surface area contributed by atoms with Crippen LogP contribution in [0.5, 0.6) is 0 Å². The predicted molar refractivity (Wildman–Crippen MR) is 166 cm³/mol. The van der Waals surface area contributed by atoms with Gasteiger partial charge in [0.1, 0.15) is 5.52 Å². The first-order valence-electron chi connectivity index (χ1n) is 14.8. The van der Waals surface area contributed by atoms with Crippen molar-refractivity contribution in [3.8, 4) is 0 Å². The van der Waals surface area contributed by atoms with E-state index >= 15 is 0 Å². The van der Waals surface area contributed by atoms with Gasteiger partial charge in [-0.3, -0.25) is 4.79 Å². The number of aliphatic hydroxyl groups excluding tert-OH is 1. The summed E-state index contributed by atoms with van der Waals surface area (Å²) < 4.78 is 7.73. The normalized spacial score (nSPS) is 13.9. The Morgan fingerprint density at radius 3 is 2.52 bits per heavy atom. The molecule has 1 heterocycles. The number of rotatable bonds is 15. The summed E-state index contributed by atoms with van der Waals surface area (Å²) in [5, 5.41) is 29.7. The molecule has 0 saturated carbocycles. The summed E-state index contributed by atoms with van der Waals surface area (Å²) in [5.74, 6) is -0.866. The molecule has 4 aromatic rings. The number of aliphatic hydroxyl groups is 1. The molecule has 2 atom stereocenters. The molecule has 42 heavy (non-hydrogen) atoms. The van der Waals surface area contributed by atoms with Crippen molar-refractivity contribution in [3.05, 3.63) is 94.0 Å². The van der Waals surface area contributed by atoms with Gasteiger partial charge in [-0.2, -0.15) is 0 Å². The minimum absolute atomic E-state index is 0.320. The monoisotopic (exact) mass is 572 g/mol. The van der Waals surface area contributed by atoms with Crippen LogP contribution in [0.4, 0.5) is 0 Å². The number of hydrogen-bond donors (Lipinski definition) is 2. The van der Waals surface area contributed by atoms with Crippen LogP contribution in [0.3, 0.4) is 0 Å². The Kier molecular flexibility index (Phi) is 10.5. The standard InChI is InChI=1S/C34H44N4O4/c1-6-34(33(40)41,22-28-14-13-24(2)29(21-28)26(4)39)30-15-16-31-32(25(30)3)35-36-38(31)18-10-17-37(5)19-20-42-23-27-11-8-7-9-12-27/h7-9,11-16,21,26,39H,6,10,17-20,22-23H2,1-5H3,(H,40,41). The van der Waals surface area contributed by atoms with Crippen LogP contribution >= 0.6 is 0 Å². The van der Waals surface area contributed by atoms with Gasteiger partial charge in [0, 0.05) is 13.1 Å². The Morgan fingerprint density at radius 2 is 1.83 bits per heavy atom. The van der Waals surface area contributed by atoms with E-state index in [1.165, 1.54) is 5.56 Å². The van der Waals surface area contributed by atoms with Crippen molar-refractivity contribution < 1.29 is 19.7 Å². The molecule has 0 fully saturated rings. The molecule has 0 saturated heterocycles. The zero-order valence-electron chi connectivity index (χ0n) is 25.5. The topological polar surface area (TPSA) is 101 Å². The largest absolute Gasteiger partial charge is 0.481 e. The number of benzene rings is 3. The zero-order chi connectivity index (χ0) is 30.3. The number of aliphatic carboxylic acids is 1. The lowest BCUT2D eigenvalue weighted by atomic mass is 9.71. The van der Waals surface area contributed by atoms with Gasteiger partial charge in [-0.1, -0.05) is 66.7 Å². The summed E-state index contributed by atoms with van der Waals surface area (Å²) in [6.07, 6.45) is 1.02. The molecule has 0 bridgehead atoms. The van der Waals surface area contributed by atoms with E-state index in [0.29, 0.717) is 32.6 Å². The van der Waals surface area contributed by atoms with Crippen molar-refractivity contribution in [2.45, 2.75) is 71.6 Å². The van der Waals surface area contributed by atoms with E-state index in [0.717, 1.165) is 58.4 Å². The van der Waals surface area contributed by atoms with Crippen molar-refractivity contribution in [3.63, 3.8) is 0 Å². The van der Waals surface area contributed by atoms with Gasteiger partial charge in [0.25, 0.3) is 0 Å². The lowest BCUT2D eigenvalue weighted by Crippen LogP contribution is -2.38. The van der Waals surface area contributed by atoms with Gasteiger partial charge in [-0.05, 0) is 93.1 Å². The van der Waals surface area contributed by atoms with Crippen molar-refractivity contribution in [2.24, 2.45) is 0 Å². The third kappa shape index (κ3) is 7.06. The molecule has 1 aromatic heterocycles. The fraction of sp³-hybridized carbons (Fsp3) is 0.441. The minimum atomic E-state index is -1.13. The van der Waals surface area contributed by atoms with Crippen LogP contribution in [0.2, 0.25) is 0 Å². The van der Waals surface area contributed by atoms with Gasteiger partial charge in [-0.15, -0.1) is 5.10 Å².